The van der Waals surface area contributed by atoms with E-state index in [0.717, 1.165) is 0 Å². The maximum Gasteiger partial charge on any atom is 0.274 e. The SMILES string of the molecule is O=C(Nc1ccc(F)cc1)c1cc(-c2ccc(F)cc2)nn1-c1cccc(Cl)c1. The molecule has 0 bridgehead atoms. The summed E-state index contributed by atoms with van der Waals surface area (Å²) in [5.74, 6) is -1.19. The van der Waals surface area contributed by atoms with Crippen molar-refractivity contribution in [3.05, 3.63) is 101 Å². The zero-order chi connectivity index (χ0) is 20.4. The highest BCUT2D eigenvalue weighted by Gasteiger charge is 2.18. The fourth-order valence-electron chi connectivity index (χ4n) is 2.84. The number of rotatable bonds is 4. The first-order valence-corrected chi connectivity index (χ1v) is 9.06. The summed E-state index contributed by atoms with van der Waals surface area (Å²) in [6.07, 6.45) is 0. The van der Waals surface area contributed by atoms with E-state index in [0.29, 0.717) is 27.7 Å². The van der Waals surface area contributed by atoms with E-state index in [-0.39, 0.29) is 11.5 Å². The molecule has 0 aliphatic heterocycles. The van der Waals surface area contributed by atoms with Crippen LogP contribution in [0.2, 0.25) is 5.02 Å². The second-order valence-corrected chi connectivity index (χ2v) is 6.71. The molecule has 0 unspecified atom stereocenters. The summed E-state index contributed by atoms with van der Waals surface area (Å²) in [5.41, 5.74) is 2.43. The molecule has 0 aliphatic carbocycles. The Morgan fingerprint density at radius 3 is 2.21 bits per heavy atom. The van der Waals surface area contributed by atoms with E-state index in [2.05, 4.69) is 10.4 Å². The van der Waals surface area contributed by atoms with Gasteiger partial charge >= 0.3 is 0 Å². The number of carbonyl (C=O) groups is 1. The minimum atomic E-state index is -0.433. The highest BCUT2D eigenvalue weighted by Crippen LogP contribution is 2.24. The third kappa shape index (κ3) is 4.17. The molecule has 0 atom stereocenters. The molecule has 0 radical (unpaired) electrons. The number of hydrogen-bond donors (Lipinski definition) is 1. The average Bonchev–Trinajstić information content (AvgIpc) is 3.16. The number of benzene rings is 3. The lowest BCUT2D eigenvalue weighted by atomic mass is 10.1. The van der Waals surface area contributed by atoms with Crippen LogP contribution in [0, 0.1) is 11.6 Å². The van der Waals surface area contributed by atoms with Crippen LogP contribution in [0.1, 0.15) is 10.5 Å². The fraction of sp³-hybridized carbons (Fsp3) is 0. The molecule has 7 heteroatoms. The van der Waals surface area contributed by atoms with Crippen LogP contribution >= 0.6 is 11.6 Å². The van der Waals surface area contributed by atoms with Crippen molar-refractivity contribution >= 4 is 23.2 Å². The van der Waals surface area contributed by atoms with Crippen LogP contribution in [0.15, 0.2) is 78.9 Å². The standard InChI is InChI=1S/C22H14ClF2N3O/c23-15-2-1-3-19(12-15)28-21(22(29)26-18-10-8-17(25)9-11-18)13-20(27-28)14-4-6-16(24)7-5-14/h1-13H,(H,26,29). The summed E-state index contributed by atoms with van der Waals surface area (Å²) in [5, 5.41) is 7.73. The lowest BCUT2D eigenvalue weighted by molar-refractivity contribution is 0.101. The summed E-state index contributed by atoms with van der Waals surface area (Å²) >= 11 is 6.09. The van der Waals surface area contributed by atoms with Crippen molar-refractivity contribution in [3.8, 4) is 16.9 Å². The van der Waals surface area contributed by atoms with Crippen molar-refractivity contribution in [1.29, 1.82) is 0 Å². The minimum absolute atomic E-state index is 0.246. The number of hydrogen-bond acceptors (Lipinski definition) is 2. The summed E-state index contributed by atoms with van der Waals surface area (Å²) in [7, 11) is 0. The van der Waals surface area contributed by atoms with Crippen LogP contribution in [-0.2, 0) is 0 Å². The summed E-state index contributed by atoms with van der Waals surface area (Å²) in [4.78, 5) is 12.9. The highest BCUT2D eigenvalue weighted by molar-refractivity contribution is 6.30. The lowest BCUT2D eigenvalue weighted by Crippen LogP contribution is -2.17. The molecule has 29 heavy (non-hydrogen) atoms. The third-order valence-corrected chi connectivity index (χ3v) is 4.47. The van der Waals surface area contributed by atoms with Gasteiger partial charge in [0.2, 0.25) is 0 Å². The molecule has 4 nitrogen and oxygen atoms in total. The molecular formula is C22H14ClF2N3O. The third-order valence-electron chi connectivity index (χ3n) is 4.24. The smallest absolute Gasteiger partial charge is 0.274 e. The fourth-order valence-corrected chi connectivity index (χ4v) is 3.02. The summed E-state index contributed by atoms with van der Waals surface area (Å²) in [6, 6.07) is 19.8. The Morgan fingerprint density at radius 2 is 1.55 bits per heavy atom. The molecule has 0 saturated carbocycles. The molecular weight excluding hydrogens is 396 g/mol. The topological polar surface area (TPSA) is 46.9 Å². The lowest BCUT2D eigenvalue weighted by Gasteiger charge is -2.08. The van der Waals surface area contributed by atoms with Crippen LogP contribution < -0.4 is 5.32 Å². The predicted molar refractivity (Wildman–Crippen MR) is 108 cm³/mol. The van der Waals surface area contributed by atoms with E-state index in [4.69, 9.17) is 11.6 Å². The minimum Gasteiger partial charge on any atom is -0.321 e. The summed E-state index contributed by atoms with van der Waals surface area (Å²) in [6.45, 7) is 0. The Kier molecular flexibility index (Phi) is 5.10. The molecule has 3 aromatic carbocycles. The maximum absolute atomic E-state index is 13.3. The second-order valence-electron chi connectivity index (χ2n) is 6.27. The average molecular weight is 410 g/mol. The van der Waals surface area contributed by atoms with Gasteiger partial charge in [-0.15, -0.1) is 0 Å². The molecule has 0 aliphatic rings. The van der Waals surface area contributed by atoms with Gasteiger partial charge < -0.3 is 5.32 Å². The number of nitrogens with zero attached hydrogens (tertiary/aromatic N) is 2. The molecule has 1 amide bonds. The van der Waals surface area contributed by atoms with Crippen LogP contribution in [-0.4, -0.2) is 15.7 Å². The van der Waals surface area contributed by atoms with E-state index >= 15 is 0 Å². The number of anilines is 1. The zero-order valence-electron chi connectivity index (χ0n) is 14.9. The first kappa shape index (κ1) is 18.8. The van der Waals surface area contributed by atoms with Crippen molar-refractivity contribution in [2.24, 2.45) is 0 Å². The van der Waals surface area contributed by atoms with Gasteiger partial charge in [-0.25, -0.2) is 13.5 Å². The van der Waals surface area contributed by atoms with Crippen LogP contribution in [0.5, 0.6) is 0 Å². The number of halogens is 3. The largest absolute Gasteiger partial charge is 0.321 e. The highest BCUT2D eigenvalue weighted by atomic mass is 35.5. The van der Waals surface area contributed by atoms with Crippen molar-refractivity contribution in [2.75, 3.05) is 5.32 Å². The van der Waals surface area contributed by atoms with Crippen molar-refractivity contribution in [1.82, 2.24) is 9.78 Å². The zero-order valence-corrected chi connectivity index (χ0v) is 15.7. The molecule has 1 aromatic heterocycles. The van der Waals surface area contributed by atoms with E-state index < -0.39 is 11.7 Å². The second kappa shape index (κ2) is 7.85. The number of nitrogens with one attached hydrogen (secondary N) is 1. The Bertz CT molecular complexity index is 1170. The van der Waals surface area contributed by atoms with Crippen molar-refractivity contribution in [3.63, 3.8) is 0 Å². The van der Waals surface area contributed by atoms with Gasteiger partial charge in [-0.3, -0.25) is 4.79 Å². The van der Waals surface area contributed by atoms with Crippen molar-refractivity contribution < 1.29 is 13.6 Å². The number of amides is 1. The first-order valence-electron chi connectivity index (χ1n) is 8.68. The molecule has 4 rings (SSSR count). The molecule has 1 N–H and O–H groups in total. The van der Waals surface area contributed by atoms with Crippen LogP contribution in [0.3, 0.4) is 0 Å². The van der Waals surface area contributed by atoms with Gasteiger partial charge in [0.25, 0.3) is 5.91 Å². The van der Waals surface area contributed by atoms with Gasteiger partial charge in [-0.1, -0.05) is 17.7 Å². The van der Waals surface area contributed by atoms with Gasteiger partial charge in [-0.05, 0) is 72.8 Å². The van der Waals surface area contributed by atoms with Gasteiger partial charge in [0, 0.05) is 16.3 Å². The van der Waals surface area contributed by atoms with Crippen molar-refractivity contribution in [2.45, 2.75) is 0 Å². The molecule has 1 heterocycles. The normalized spacial score (nSPS) is 10.7. The maximum atomic E-state index is 13.3. The Hall–Kier alpha value is -3.51. The quantitative estimate of drug-likeness (QED) is 0.468. The molecule has 4 aromatic rings. The van der Waals surface area contributed by atoms with Crippen LogP contribution in [0.4, 0.5) is 14.5 Å². The molecule has 0 fully saturated rings. The van der Waals surface area contributed by atoms with Gasteiger partial charge in [-0.2, -0.15) is 5.10 Å². The molecule has 0 spiro atoms. The Morgan fingerprint density at radius 1 is 0.897 bits per heavy atom. The number of carbonyl (C=O) groups excluding carboxylic acids is 1. The molecule has 144 valence electrons. The Balaban J connectivity index is 1.76. The van der Waals surface area contributed by atoms with Gasteiger partial charge in [0.05, 0.1) is 11.4 Å². The monoisotopic (exact) mass is 409 g/mol. The van der Waals surface area contributed by atoms with Gasteiger partial charge in [0.15, 0.2) is 0 Å². The summed E-state index contributed by atoms with van der Waals surface area (Å²) < 4.78 is 27.8. The number of aromatic nitrogens is 2. The van der Waals surface area contributed by atoms with Gasteiger partial charge in [0.1, 0.15) is 17.3 Å². The first-order chi connectivity index (χ1) is 14.0. The van der Waals surface area contributed by atoms with Crippen LogP contribution in [0.25, 0.3) is 16.9 Å². The van der Waals surface area contributed by atoms with E-state index in [1.807, 2.05) is 0 Å². The van der Waals surface area contributed by atoms with E-state index in [1.165, 1.54) is 41.1 Å². The van der Waals surface area contributed by atoms with E-state index in [1.54, 1.807) is 42.5 Å². The predicted octanol–water partition coefficient (Wildman–Crippen LogP) is 5.72. The Labute approximate surface area is 170 Å². The molecule has 0 saturated heterocycles. The van der Waals surface area contributed by atoms with E-state index in [9.17, 15) is 13.6 Å².